The van der Waals surface area contributed by atoms with Gasteiger partial charge in [0.25, 0.3) is 5.91 Å². The van der Waals surface area contributed by atoms with Crippen molar-refractivity contribution in [1.82, 2.24) is 10.6 Å². The number of urea groups is 1. The lowest BCUT2D eigenvalue weighted by molar-refractivity contribution is -0.113. The van der Waals surface area contributed by atoms with Crippen molar-refractivity contribution in [2.45, 2.75) is 26.8 Å². The third-order valence-electron chi connectivity index (χ3n) is 4.60. The first-order chi connectivity index (χ1) is 12.9. The Balaban J connectivity index is 1.94. The molecule has 0 radical (unpaired) electrons. The summed E-state index contributed by atoms with van der Waals surface area (Å²) >= 11 is 0. The summed E-state index contributed by atoms with van der Waals surface area (Å²) in [6.07, 6.45) is 0. The Kier molecular flexibility index (Phi) is 5.16. The maximum Gasteiger partial charge on any atom is 0.319 e. The van der Waals surface area contributed by atoms with E-state index in [-0.39, 0.29) is 11.9 Å². The average Bonchev–Trinajstić information content (AvgIpc) is 2.61. The van der Waals surface area contributed by atoms with Crippen molar-refractivity contribution in [2.24, 2.45) is 0 Å². The number of allylic oxidation sites excluding steroid dienone is 1. The number of aryl methyl sites for hydroxylation is 2. The molecule has 0 fully saturated rings. The minimum absolute atomic E-state index is 0.268. The Bertz CT molecular complexity index is 917. The lowest BCUT2D eigenvalue weighted by atomic mass is 9.91. The molecule has 2 aromatic carbocycles. The van der Waals surface area contributed by atoms with Crippen molar-refractivity contribution in [1.29, 1.82) is 0 Å². The minimum Gasteiger partial charge on any atom is -0.497 e. The van der Waals surface area contributed by atoms with Gasteiger partial charge in [-0.05, 0) is 56.2 Å². The smallest absolute Gasteiger partial charge is 0.319 e. The molecule has 0 bridgehead atoms. The molecule has 3 amide bonds. The zero-order valence-corrected chi connectivity index (χ0v) is 15.8. The Labute approximate surface area is 158 Å². The summed E-state index contributed by atoms with van der Waals surface area (Å²) in [5, 5.41) is 8.46. The molecular weight excluding hydrogens is 342 g/mol. The summed E-state index contributed by atoms with van der Waals surface area (Å²) in [6, 6.07) is 12.2. The highest BCUT2D eigenvalue weighted by molar-refractivity contribution is 6.06. The van der Waals surface area contributed by atoms with Crippen LogP contribution in [-0.2, 0) is 4.79 Å². The molecule has 6 heteroatoms. The van der Waals surface area contributed by atoms with Crippen LogP contribution in [0.4, 0.5) is 10.5 Å². The standard InChI is InChI=1S/C21H23N3O3/c1-12-5-10-17(13(2)11-12)19-18(14(3)22-21(26)24-19)20(25)23-15-6-8-16(27-4)9-7-15/h5-11,19H,1-4H3,(H,23,25)(H2,22,24,26)/t19-/m1/s1. The summed E-state index contributed by atoms with van der Waals surface area (Å²) in [6.45, 7) is 5.72. The summed E-state index contributed by atoms with van der Waals surface area (Å²) in [7, 11) is 1.59. The Morgan fingerprint density at radius 2 is 1.78 bits per heavy atom. The number of carbonyl (C=O) groups is 2. The third-order valence-corrected chi connectivity index (χ3v) is 4.60. The first-order valence-corrected chi connectivity index (χ1v) is 8.70. The van der Waals surface area contributed by atoms with Gasteiger partial charge >= 0.3 is 6.03 Å². The van der Waals surface area contributed by atoms with Gasteiger partial charge in [0.15, 0.2) is 0 Å². The van der Waals surface area contributed by atoms with Gasteiger partial charge in [-0.2, -0.15) is 0 Å². The Morgan fingerprint density at radius 3 is 2.41 bits per heavy atom. The van der Waals surface area contributed by atoms with Gasteiger partial charge in [-0.15, -0.1) is 0 Å². The van der Waals surface area contributed by atoms with Crippen LogP contribution in [0.3, 0.4) is 0 Å². The molecule has 6 nitrogen and oxygen atoms in total. The van der Waals surface area contributed by atoms with Gasteiger partial charge in [0, 0.05) is 11.4 Å². The molecule has 0 aliphatic carbocycles. The lowest BCUT2D eigenvalue weighted by Crippen LogP contribution is -2.46. The Morgan fingerprint density at radius 1 is 1.07 bits per heavy atom. The van der Waals surface area contributed by atoms with Gasteiger partial charge in [-0.1, -0.05) is 23.8 Å². The summed E-state index contributed by atoms with van der Waals surface area (Å²) in [4.78, 5) is 25.0. The predicted octanol–water partition coefficient (Wildman–Crippen LogP) is 3.58. The topological polar surface area (TPSA) is 79.5 Å². The molecule has 3 N–H and O–H groups in total. The van der Waals surface area contributed by atoms with Gasteiger partial charge in [0.2, 0.25) is 0 Å². The molecule has 1 aliphatic heterocycles. The van der Waals surface area contributed by atoms with Gasteiger partial charge in [-0.25, -0.2) is 4.79 Å². The van der Waals surface area contributed by atoms with E-state index in [1.165, 1.54) is 0 Å². The highest BCUT2D eigenvalue weighted by Crippen LogP contribution is 2.30. The molecule has 0 unspecified atom stereocenters. The van der Waals surface area contributed by atoms with Crippen LogP contribution in [0.15, 0.2) is 53.7 Å². The second kappa shape index (κ2) is 7.53. The maximum atomic E-state index is 13.0. The number of carbonyl (C=O) groups excluding carboxylic acids is 2. The number of hydrogen-bond donors (Lipinski definition) is 3. The molecule has 0 spiro atoms. The van der Waals surface area contributed by atoms with E-state index >= 15 is 0 Å². The van der Waals surface area contributed by atoms with Gasteiger partial charge in [0.05, 0.1) is 18.7 Å². The quantitative estimate of drug-likeness (QED) is 0.775. The van der Waals surface area contributed by atoms with Gasteiger partial charge < -0.3 is 20.7 Å². The van der Waals surface area contributed by atoms with Crippen molar-refractivity contribution in [2.75, 3.05) is 12.4 Å². The fraction of sp³-hybridized carbons (Fsp3) is 0.238. The van der Waals surface area contributed by atoms with Crippen LogP contribution < -0.4 is 20.7 Å². The van der Waals surface area contributed by atoms with E-state index in [0.29, 0.717) is 22.7 Å². The maximum absolute atomic E-state index is 13.0. The molecule has 27 heavy (non-hydrogen) atoms. The molecule has 0 aromatic heterocycles. The molecule has 1 heterocycles. The zero-order chi connectivity index (χ0) is 19.6. The first kappa shape index (κ1) is 18.5. The number of anilines is 1. The van der Waals surface area contributed by atoms with Crippen molar-refractivity contribution >= 4 is 17.6 Å². The second-order valence-electron chi connectivity index (χ2n) is 6.61. The van der Waals surface area contributed by atoms with Crippen molar-refractivity contribution in [3.8, 4) is 5.75 Å². The Hall–Kier alpha value is -3.28. The molecular formula is C21H23N3O3. The van der Waals surface area contributed by atoms with E-state index in [1.807, 2.05) is 32.0 Å². The van der Waals surface area contributed by atoms with E-state index in [0.717, 1.165) is 16.7 Å². The molecule has 2 aromatic rings. The fourth-order valence-electron chi connectivity index (χ4n) is 3.25. The molecule has 0 saturated heterocycles. The fourth-order valence-corrected chi connectivity index (χ4v) is 3.25. The van der Waals surface area contributed by atoms with E-state index in [4.69, 9.17) is 4.74 Å². The highest BCUT2D eigenvalue weighted by Gasteiger charge is 2.32. The van der Waals surface area contributed by atoms with Crippen molar-refractivity contribution in [3.63, 3.8) is 0 Å². The lowest BCUT2D eigenvalue weighted by Gasteiger charge is -2.29. The highest BCUT2D eigenvalue weighted by atomic mass is 16.5. The van der Waals surface area contributed by atoms with Gasteiger partial charge in [-0.3, -0.25) is 4.79 Å². The van der Waals surface area contributed by atoms with Crippen LogP contribution in [0.25, 0.3) is 0 Å². The van der Waals surface area contributed by atoms with Crippen LogP contribution in [0.1, 0.15) is 29.7 Å². The minimum atomic E-state index is -0.516. The molecule has 0 saturated carbocycles. The number of hydrogen-bond acceptors (Lipinski definition) is 3. The van der Waals surface area contributed by atoms with Crippen molar-refractivity contribution < 1.29 is 14.3 Å². The average molecular weight is 365 g/mol. The molecule has 1 aliphatic rings. The van der Waals surface area contributed by atoms with E-state index in [2.05, 4.69) is 16.0 Å². The first-order valence-electron chi connectivity index (χ1n) is 8.70. The number of methoxy groups -OCH3 is 1. The van der Waals surface area contributed by atoms with E-state index in [9.17, 15) is 9.59 Å². The van der Waals surface area contributed by atoms with Crippen molar-refractivity contribution in [3.05, 3.63) is 70.4 Å². The van der Waals surface area contributed by atoms with E-state index in [1.54, 1.807) is 38.3 Å². The number of amides is 3. The second-order valence-corrected chi connectivity index (χ2v) is 6.61. The van der Waals surface area contributed by atoms with Gasteiger partial charge in [0.1, 0.15) is 5.75 Å². The largest absolute Gasteiger partial charge is 0.497 e. The zero-order valence-electron chi connectivity index (χ0n) is 15.8. The third kappa shape index (κ3) is 3.95. The van der Waals surface area contributed by atoms with Crippen LogP contribution in [0.5, 0.6) is 5.75 Å². The van der Waals surface area contributed by atoms with Crippen LogP contribution in [0.2, 0.25) is 0 Å². The number of ether oxygens (including phenoxy) is 1. The predicted molar refractivity (Wildman–Crippen MR) is 105 cm³/mol. The van der Waals surface area contributed by atoms with Crippen LogP contribution in [0, 0.1) is 13.8 Å². The molecule has 3 rings (SSSR count). The molecule has 1 atom stereocenters. The number of benzene rings is 2. The van der Waals surface area contributed by atoms with E-state index < -0.39 is 6.04 Å². The number of rotatable bonds is 4. The summed E-state index contributed by atoms with van der Waals surface area (Å²) < 4.78 is 5.14. The summed E-state index contributed by atoms with van der Waals surface area (Å²) in [5.41, 5.74) is 4.71. The monoisotopic (exact) mass is 365 g/mol. The van der Waals surface area contributed by atoms with Crippen LogP contribution in [-0.4, -0.2) is 19.0 Å². The number of nitrogens with one attached hydrogen (secondary N) is 3. The van der Waals surface area contributed by atoms with Crippen LogP contribution >= 0.6 is 0 Å². The SMILES string of the molecule is COc1ccc(NC(=O)C2=C(C)NC(=O)N[C@@H]2c2ccc(C)cc2C)cc1. The molecule has 140 valence electrons. The summed E-state index contributed by atoms with van der Waals surface area (Å²) in [5.74, 6) is 0.443. The normalized spacial score (nSPS) is 16.4.